The predicted molar refractivity (Wildman–Crippen MR) is 65.2 cm³/mol. The summed E-state index contributed by atoms with van der Waals surface area (Å²) in [6.45, 7) is 0. The Kier molecular flexibility index (Phi) is 3.72. The highest BCUT2D eigenvalue weighted by molar-refractivity contribution is 5.72. The summed E-state index contributed by atoms with van der Waals surface area (Å²) in [5, 5.41) is 18.4. The Morgan fingerprint density at radius 2 is 1.14 bits per heavy atom. The largest absolute Gasteiger partial charge is 0.508 e. The summed E-state index contributed by atoms with van der Waals surface area (Å²) >= 11 is 0. The van der Waals surface area contributed by atoms with E-state index in [-0.39, 0.29) is 11.3 Å². The highest BCUT2D eigenvalue weighted by Crippen LogP contribution is 2.48. The number of phenols is 2. The lowest BCUT2D eigenvalue weighted by Crippen LogP contribution is -2.18. The SMILES string of the molecule is Oc1ccc(-c2ccc(O)c(C(F)(F)F)c2C(F)(F)F)cc1. The van der Waals surface area contributed by atoms with Crippen LogP contribution in [0.3, 0.4) is 0 Å². The second kappa shape index (κ2) is 5.11. The van der Waals surface area contributed by atoms with Gasteiger partial charge in [0.2, 0.25) is 0 Å². The molecule has 22 heavy (non-hydrogen) atoms. The maximum absolute atomic E-state index is 13.1. The van der Waals surface area contributed by atoms with Gasteiger partial charge < -0.3 is 10.2 Å². The summed E-state index contributed by atoms with van der Waals surface area (Å²) in [6, 6.07) is 5.51. The third-order valence-corrected chi connectivity index (χ3v) is 2.93. The molecule has 2 nitrogen and oxygen atoms in total. The Morgan fingerprint density at radius 1 is 0.636 bits per heavy atom. The van der Waals surface area contributed by atoms with Crippen LogP contribution in [0.15, 0.2) is 36.4 Å². The Labute approximate surface area is 120 Å². The molecule has 2 aromatic carbocycles. The maximum atomic E-state index is 13.1. The van der Waals surface area contributed by atoms with Gasteiger partial charge in [0.15, 0.2) is 0 Å². The van der Waals surface area contributed by atoms with Crippen LogP contribution >= 0.6 is 0 Å². The van der Waals surface area contributed by atoms with Crippen molar-refractivity contribution in [3.63, 3.8) is 0 Å². The molecular weight excluding hydrogens is 314 g/mol. The highest BCUT2D eigenvalue weighted by Gasteiger charge is 2.47. The smallest absolute Gasteiger partial charge is 0.420 e. The number of hydrogen-bond donors (Lipinski definition) is 2. The van der Waals surface area contributed by atoms with Crippen LogP contribution in [0.1, 0.15) is 11.1 Å². The van der Waals surface area contributed by atoms with Crippen molar-refractivity contribution in [2.75, 3.05) is 0 Å². The Hall–Kier alpha value is -2.38. The molecule has 2 N–H and O–H groups in total. The normalized spacial score (nSPS) is 12.5. The van der Waals surface area contributed by atoms with Crippen molar-refractivity contribution in [2.24, 2.45) is 0 Å². The van der Waals surface area contributed by atoms with Crippen molar-refractivity contribution in [1.82, 2.24) is 0 Å². The van der Waals surface area contributed by atoms with Crippen LogP contribution in [0.5, 0.6) is 11.5 Å². The molecule has 0 atom stereocenters. The molecule has 0 unspecified atom stereocenters. The zero-order valence-electron chi connectivity index (χ0n) is 10.6. The minimum Gasteiger partial charge on any atom is -0.508 e. The number of benzene rings is 2. The molecule has 0 saturated heterocycles. The lowest BCUT2D eigenvalue weighted by atomic mass is 9.93. The molecule has 0 aliphatic rings. The lowest BCUT2D eigenvalue weighted by molar-refractivity contribution is -0.162. The van der Waals surface area contributed by atoms with Crippen molar-refractivity contribution in [2.45, 2.75) is 12.4 Å². The first kappa shape index (κ1) is 16.0. The Morgan fingerprint density at radius 3 is 1.59 bits per heavy atom. The van der Waals surface area contributed by atoms with E-state index in [0.717, 1.165) is 30.3 Å². The average Bonchev–Trinajstić information content (AvgIpc) is 2.37. The highest BCUT2D eigenvalue weighted by atomic mass is 19.4. The van der Waals surface area contributed by atoms with Gasteiger partial charge in [-0.1, -0.05) is 18.2 Å². The first-order chi connectivity index (χ1) is 10.0. The monoisotopic (exact) mass is 322 g/mol. The summed E-state index contributed by atoms with van der Waals surface area (Å²) in [4.78, 5) is 0. The van der Waals surface area contributed by atoms with Gasteiger partial charge in [0.25, 0.3) is 0 Å². The lowest BCUT2D eigenvalue weighted by Gasteiger charge is -2.20. The molecule has 2 rings (SSSR count). The molecule has 0 fully saturated rings. The molecular formula is C14H8F6O2. The van der Waals surface area contributed by atoms with Gasteiger partial charge in [0.1, 0.15) is 17.1 Å². The van der Waals surface area contributed by atoms with Crippen LogP contribution in [-0.2, 0) is 12.4 Å². The minimum absolute atomic E-state index is 0.171. The van der Waals surface area contributed by atoms with Gasteiger partial charge in [-0.05, 0) is 29.3 Å². The number of aromatic hydroxyl groups is 2. The van der Waals surface area contributed by atoms with E-state index in [1.807, 2.05) is 0 Å². The van der Waals surface area contributed by atoms with E-state index in [1.165, 1.54) is 0 Å². The second-order valence-corrected chi connectivity index (χ2v) is 4.42. The number of rotatable bonds is 1. The van der Waals surface area contributed by atoms with Crippen LogP contribution in [0.4, 0.5) is 26.3 Å². The molecule has 118 valence electrons. The maximum Gasteiger partial charge on any atom is 0.420 e. The summed E-state index contributed by atoms with van der Waals surface area (Å²) in [6.07, 6.45) is -10.7. The summed E-state index contributed by atoms with van der Waals surface area (Å²) in [5.41, 5.74) is -5.01. The van der Waals surface area contributed by atoms with E-state index in [9.17, 15) is 31.4 Å². The van der Waals surface area contributed by atoms with E-state index < -0.39 is 34.8 Å². The molecule has 0 radical (unpaired) electrons. The Bertz CT molecular complexity index is 686. The van der Waals surface area contributed by atoms with E-state index in [1.54, 1.807) is 0 Å². The third kappa shape index (κ3) is 2.95. The standard InChI is InChI=1S/C14H8F6O2/c15-13(16,17)11-9(7-1-3-8(21)4-2-7)5-6-10(22)12(11)14(18,19)20/h1-6,21-22H. The quantitative estimate of drug-likeness (QED) is 0.740. The van der Waals surface area contributed by atoms with Crippen LogP contribution in [0.2, 0.25) is 0 Å². The molecule has 8 heteroatoms. The molecule has 2 aromatic rings. The summed E-state index contributed by atoms with van der Waals surface area (Å²) in [5.74, 6) is -1.74. The molecule has 0 spiro atoms. The molecule has 0 heterocycles. The first-order valence-electron chi connectivity index (χ1n) is 5.81. The predicted octanol–water partition coefficient (Wildman–Crippen LogP) is 4.80. The van der Waals surface area contributed by atoms with Crippen LogP contribution in [0, 0.1) is 0 Å². The molecule has 0 saturated carbocycles. The molecule has 0 aliphatic heterocycles. The van der Waals surface area contributed by atoms with Gasteiger partial charge in [-0.25, -0.2) is 0 Å². The van der Waals surface area contributed by atoms with Crippen molar-refractivity contribution in [1.29, 1.82) is 0 Å². The van der Waals surface area contributed by atoms with Crippen LogP contribution in [-0.4, -0.2) is 10.2 Å². The molecule has 0 aliphatic carbocycles. The average molecular weight is 322 g/mol. The molecule has 0 bridgehead atoms. The van der Waals surface area contributed by atoms with Crippen molar-refractivity contribution in [3.8, 4) is 22.6 Å². The molecule has 0 aromatic heterocycles. The number of alkyl halides is 6. The topological polar surface area (TPSA) is 40.5 Å². The van der Waals surface area contributed by atoms with Crippen LogP contribution in [0.25, 0.3) is 11.1 Å². The second-order valence-electron chi connectivity index (χ2n) is 4.42. The van der Waals surface area contributed by atoms with E-state index in [0.29, 0.717) is 6.07 Å². The van der Waals surface area contributed by atoms with E-state index in [2.05, 4.69) is 0 Å². The van der Waals surface area contributed by atoms with Crippen LogP contribution < -0.4 is 0 Å². The van der Waals surface area contributed by atoms with Crippen molar-refractivity contribution >= 4 is 0 Å². The van der Waals surface area contributed by atoms with Gasteiger partial charge >= 0.3 is 12.4 Å². The number of halogens is 6. The van der Waals surface area contributed by atoms with E-state index in [4.69, 9.17) is 5.11 Å². The Balaban J connectivity index is 2.83. The van der Waals surface area contributed by atoms with Gasteiger partial charge in [0, 0.05) is 0 Å². The zero-order valence-corrected chi connectivity index (χ0v) is 10.6. The van der Waals surface area contributed by atoms with Gasteiger partial charge in [-0.2, -0.15) is 26.3 Å². The van der Waals surface area contributed by atoms with Gasteiger partial charge in [0.05, 0.1) is 5.56 Å². The zero-order chi connectivity index (χ0) is 16.7. The van der Waals surface area contributed by atoms with Crippen molar-refractivity contribution in [3.05, 3.63) is 47.5 Å². The fourth-order valence-corrected chi connectivity index (χ4v) is 2.05. The number of hydrogen-bond acceptors (Lipinski definition) is 2. The van der Waals surface area contributed by atoms with Gasteiger partial charge in [-0.3, -0.25) is 0 Å². The summed E-state index contributed by atoms with van der Waals surface area (Å²) in [7, 11) is 0. The first-order valence-corrected chi connectivity index (χ1v) is 5.81. The molecule has 0 amide bonds. The van der Waals surface area contributed by atoms with Crippen molar-refractivity contribution < 1.29 is 36.6 Å². The minimum atomic E-state index is -5.37. The third-order valence-electron chi connectivity index (χ3n) is 2.93. The number of phenolic OH excluding ortho intramolecular Hbond substituents is 2. The summed E-state index contributed by atoms with van der Waals surface area (Å²) < 4.78 is 78.1. The fraction of sp³-hybridized carbons (Fsp3) is 0.143. The van der Waals surface area contributed by atoms with E-state index >= 15 is 0 Å². The van der Waals surface area contributed by atoms with Gasteiger partial charge in [-0.15, -0.1) is 0 Å². The fourth-order valence-electron chi connectivity index (χ4n) is 2.05.